The molecule has 7 nitrogen and oxygen atoms in total. The van der Waals surface area contributed by atoms with Gasteiger partial charge in [-0.3, -0.25) is 4.57 Å². The first-order chi connectivity index (χ1) is 13.8. The van der Waals surface area contributed by atoms with Gasteiger partial charge in [-0.25, -0.2) is 9.37 Å². The van der Waals surface area contributed by atoms with Crippen LogP contribution in [0.4, 0.5) is 16.2 Å². The van der Waals surface area contributed by atoms with Crippen molar-refractivity contribution >= 4 is 22.8 Å². The minimum absolute atomic E-state index is 0.0281. The zero-order valence-electron chi connectivity index (χ0n) is 16.6. The maximum Gasteiger partial charge on any atom is 0.224 e. The largest absolute Gasteiger partial charge is 0.494 e. The molecule has 0 saturated carbocycles. The highest BCUT2D eigenvalue weighted by atomic mass is 19.1. The molecule has 0 spiro atoms. The minimum atomic E-state index is -0.508. The molecule has 0 bridgehead atoms. The van der Waals surface area contributed by atoms with E-state index in [2.05, 4.69) is 15.0 Å². The van der Waals surface area contributed by atoms with E-state index in [9.17, 15) is 4.39 Å². The lowest BCUT2D eigenvalue weighted by molar-refractivity contribution is 0.386. The van der Waals surface area contributed by atoms with E-state index in [4.69, 9.17) is 16.2 Å². The fourth-order valence-corrected chi connectivity index (χ4v) is 3.46. The number of nitrogen functional groups attached to an aromatic ring is 2. The van der Waals surface area contributed by atoms with Crippen LogP contribution in [0.3, 0.4) is 0 Å². The number of hydrogen-bond donors (Lipinski definition) is 2. The standard InChI is InChI=1S/C21H21FN6O/c1-10-7-15-16(8-11(10)2)28(12(3)25-15)20-18(19(23)26-21(24)27-20)13-5-6-17(29-4)14(22)9-13/h5-9H,1-4H3,(H4,23,24,26,27). The second-order valence-electron chi connectivity index (χ2n) is 6.93. The van der Waals surface area contributed by atoms with E-state index in [1.165, 1.54) is 19.2 Å². The first kappa shape index (κ1) is 18.7. The fraction of sp³-hybridized carbons (Fsp3) is 0.190. The molecule has 0 aliphatic rings. The summed E-state index contributed by atoms with van der Waals surface area (Å²) in [6.45, 7) is 5.94. The molecular weight excluding hydrogens is 371 g/mol. The second-order valence-corrected chi connectivity index (χ2v) is 6.93. The summed E-state index contributed by atoms with van der Waals surface area (Å²) in [5.74, 6) is 0.967. The molecule has 0 saturated heterocycles. The maximum atomic E-state index is 14.4. The molecule has 0 amide bonds. The van der Waals surface area contributed by atoms with E-state index < -0.39 is 5.82 Å². The van der Waals surface area contributed by atoms with E-state index in [-0.39, 0.29) is 17.5 Å². The number of nitrogens with zero attached hydrogens (tertiary/aromatic N) is 4. The highest BCUT2D eigenvalue weighted by Gasteiger charge is 2.21. The summed E-state index contributed by atoms with van der Waals surface area (Å²) in [6.07, 6.45) is 0. The third-order valence-corrected chi connectivity index (χ3v) is 5.03. The SMILES string of the molecule is COc1ccc(-c2c(N)nc(N)nc2-n2c(C)nc3cc(C)c(C)cc32)cc1F. The van der Waals surface area contributed by atoms with Crippen molar-refractivity contribution in [3.63, 3.8) is 0 Å². The van der Waals surface area contributed by atoms with Crippen molar-refractivity contribution in [2.24, 2.45) is 0 Å². The van der Waals surface area contributed by atoms with Gasteiger partial charge in [-0.1, -0.05) is 6.07 Å². The van der Waals surface area contributed by atoms with Crippen LogP contribution in [-0.2, 0) is 0 Å². The van der Waals surface area contributed by atoms with E-state index >= 15 is 0 Å². The predicted molar refractivity (Wildman–Crippen MR) is 112 cm³/mol. The Labute approximate surface area is 167 Å². The molecule has 0 atom stereocenters. The zero-order valence-corrected chi connectivity index (χ0v) is 16.6. The van der Waals surface area contributed by atoms with Crippen LogP contribution in [0, 0.1) is 26.6 Å². The van der Waals surface area contributed by atoms with Crippen LogP contribution in [0.15, 0.2) is 30.3 Å². The molecule has 29 heavy (non-hydrogen) atoms. The Morgan fingerprint density at radius 1 is 0.966 bits per heavy atom. The monoisotopic (exact) mass is 392 g/mol. The highest BCUT2D eigenvalue weighted by Crippen LogP contribution is 2.35. The number of aromatic nitrogens is 4. The highest BCUT2D eigenvalue weighted by molar-refractivity contribution is 5.86. The van der Waals surface area contributed by atoms with Crippen molar-refractivity contribution in [3.8, 4) is 22.7 Å². The number of fused-ring (bicyclic) bond motifs is 1. The lowest BCUT2D eigenvalue weighted by Crippen LogP contribution is -2.10. The van der Waals surface area contributed by atoms with Crippen molar-refractivity contribution in [1.29, 1.82) is 0 Å². The summed E-state index contributed by atoms with van der Waals surface area (Å²) in [5, 5.41) is 0. The first-order valence-corrected chi connectivity index (χ1v) is 9.03. The van der Waals surface area contributed by atoms with E-state index in [1.54, 1.807) is 6.07 Å². The lowest BCUT2D eigenvalue weighted by Gasteiger charge is -2.15. The van der Waals surface area contributed by atoms with Crippen LogP contribution in [-0.4, -0.2) is 26.6 Å². The quantitative estimate of drug-likeness (QED) is 0.551. The smallest absolute Gasteiger partial charge is 0.224 e. The summed E-state index contributed by atoms with van der Waals surface area (Å²) in [6, 6.07) is 8.65. The third kappa shape index (κ3) is 3.02. The average Bonchev–Trinajstić information content (AvgIpc) is 2.96. The number of nitrogens with two attached hydrogens (primary N) is 2. The molecular formula is C21H21FN6O. The molecule has 0 unspecified atom stereocenters. The number of ether oxygens (including phenoxy) is 1. The third-order valence-electron chi connectivity index (χ3n) is 5.03. The van der Waals surface area contributed by atoms with Crippen molar-refractivity contribution < 1.29 is 9.13 Å². The van der Waals surface area contributed by atoms with Gasteiger partial charge in [-0.05, 0) is 61.7 Å². The number of benzene rings is 2. The molecule has 0 aliphatic carbocycles. The summed E-state index contributed by atoms with van der Waals surface area (Å²) < 4.78 is 21.3. The average molecular weight is 392 g/mol. The number of imidazole rings is 1. The first-order valence-electron chi connectivity index (χ1n) is 9.03. The van der Waals surface area contributed by atoms with Crippen molar-refractivity contribution in [1.82, 2.24) is 19.5 Å². The van der Waals surface area contributed by atoms with Crippen LogP contribution < -0.4 is 16.2 Å². The molecule has 0 aliphatic heterocycles. The van der Waals surface area contributed by atoms with Crippen LogP contribution in [0.25, 0.3) is 28.0 Å². The number of rotatable bonds is 3. The molecule has 2 heterocycles. The van der Waals surface area contributed by atoms with Crippen LogP contribution >= 0.6 is 0 Å². The van der Waals surface area contributed by atoms with Gasteiger partial charge in [-0.2, -0.15) is 9.97 Å². The Hall–Kier alpha value is -3.68. The summed E-state index contributed by atoms with van der Waals surface area (Å²) >= 11 is 0. The summed E-state index contributed by atoms with van der Waals surface area (Å²) in [7, 11) is 1.41. The number of aryl methyl sites for hydroxylation is 3. The Morgan fingerprint density at radius 3 is 2.38 bits per heavy atom. The Morgan fingerprint density at radius 2 is 1.69 bits per heavy atom. The lowest BCUT2D eigenvalue weighted by atomic mass is 10.1. The van der Waals surface area contributed by atoms with Crippen molar-refractivity contribution in [2.75, 3.05) is 18.6 Å². The molecule has 4 aromatic rings. The minimum Gasteiger partial charge on any atom is -0.494 e. The second kappa shape index (κ2) is 6.73. The number of hydrogen-bond acceptors (Lipinski definition) is 6. The fourth-order valence-electron chi connectivity index (χ4n) is 3.46. The molecule has 0 fully saturated rings. The van der Waals surface area contributed by atoms with Crippen molar-refractivity contribution in [3.05, 3.63) is 53.1 Å². The van der Waals surface area contributed by atoms with Gasteiger partial charge >= 0.3 is 0 Å². The van der Waals surface area contributed by atoms with Gasteiger partial charge in [0.2, 0.25) is 5.95 Å². The topological polar surface area (TPSA) is 105 Å². The zero-order chi connectivity index (χ0) is 20.9. The Bertz CT molecular complexity index is 1260. The summed E-state index contributed by atoms with van der Waals surface area (Å²) in [4.78, 5) is 13.2. The van der Waals surface area contributed by atoms with E-state index in [0.717, 1.165) is 22.2 Å². The van der Waals surface area contributed by atoms with Gasteiger partial charge in [-0.15, -0.1) is 0 Å². The normalized spacial score (nSPS) is 11.2. The van der Waals surface area contributed by atoms with Gasteiger partial charge in [0.25, 0.3) is 0 Å². The molecule has 4 rings (SSSR count). The molecule has 148 valence electrons. The van der Waals surface area contributed by atoms with Crippen LogP contribution in [0.1, 0.15) is 17.0 Å². The van der Waals surface area contributed by atoms with Gasteiger partial charge in [0.1, 0.15) is 11.6 Å². The van der Waals surface area contributed by atoms with E-state index in [0.29, 0.717) is 22.8 Å². The molecule has 2 aromatic carbocycles. The van der Waals surface area contributed by atoms with Gasteiger partial charge < -0.3 is 16.2 Å². The van der Waals surface area contributed by atoms with E-state index in [1.807, 2.05) is 37.5 Å². The molecule has 2 aromatic heterocycles. The van der Waals surface area contributed by atoms with Gasteiger partial charge in [0, 0.05) is 0 Å². The molecule has 4 N–H and O–H groups in total. The van der Waals surface area contributed by atoms with Gasteiger partial charge in [0.15, 0.2) is 17.4 Å². The molecule has 0 radical (unpaired) electrons. The maximum absolute atomic E-state index is 14.4. The Balaban J connectivity index is 2.06. The molecule has 8 heteroatoms. The number of methoxy groups -OCH3 is 1. The van der Waals surface area contributed by atoms with Crippen LogP contribution in [0.2, 0.25) is 0 Å². The van der Waals surface area contributed by atoms with Crippen LogP contribution in [0.5, 0.6) is 5.75 Å². The Kier molecular flexibility index (Phi) is 4.34. The van der Waals surface area contributed by atoms with Crippen molar-refractivity contribution in [2.45, 2.75) is 20.8 Å². The predicted octanol–water partition coefficient (Wildman–Crippen LogP) is 3.72. The number of anilines is 2. The number of halogens is 1. The summed E-state index contributed by atoms with van der Waals surface area (Å²) in [5.41, 5.74) is 17.0. The van der Waals surface area contributed by atoms with Gasteiger partial charge in [0.05, 0.1) is 23.7 Å².